The molecule has 180 valence electrons. The van der Waals surface area contributed by atoms with Crippen LogP contribution in [-0.4, -0.2) is 33.1 Å². The molecule has 0 unspecified atom stereocenters. The molecule has 0 amide bonds. The molecule has 1 aliphatic rings. The number of aromatic nitrogens is 4. The number of anilines is 3. The molecule has 0 bridgehead atoms. The second-order valence-corrected chi connectivity index (χ2v) is 9.65. The van der Waals surface area contributed by atoms with Crippen LogP contribution >= 0.6 is 0 Å². The van der Waals surface area contributed by atoms with Crippen LogP contribution in [0.4, 0.5) is 26.1 Å². The summed E-state index contributed by atoms with van der Waals surface area (Å²) in [6, 6.07) is 11.6. The van der Waals surface area contributed by atoms with E-state index in [4.69, 9.17) is 9.97 Å². The maximum Gasteiger partial charge on any atom is 0.147 e. The van der Waals surface area contributed by atoms with Crippen LogP contribution in [0.15, 0.2) is 48.7 Å². The van der Waals surface area contributed by atoms with Crippen molar-refractivity contribution in [1.82, 2.24) is 19.5 Å². The monoisotopic (exact) mass is 474 g/mol. The fourth-order valence-corrected chi connectivity index (χ4v) is 4.86. The normalized spacial score (nSPS) is 14.3. The number of nitrogens with zero attached hydrogens (tertiary/aromatic N) is 5. The fraction of sp³-hybridized carbons (Fsp3) is 0.296. The van der Waals surface area contributed by atoms with Crippen molar-refractivity contribution in [3.05, 3.63) is 88.8 Å². The Labute approximate surface area is 203 Å². The molecule has 35 heavy (non-hydrogen) atoms. The number of aryl methyl sites for hydroxylation is 2. The van der Waals surface area contributed by atoms with Crippen LogP contribution in [0.25, 0.3) is 5.69 Å². The van der Waals surface area contributed by atoms with Crippen LogP contribution in [0.2, 0.25) is 0 Å². The summed E-state index contributed by atoms with van der Waals surface area (Å²) in [6.45, 7) is 8.72. The van der Waals surface area contributed by atoms with Gasteiger partial charge in [0.1, 0.15) is 34.9 Å². The molecule has 0 aliphatic carbocycles. The van der Waals surface area contributed by atoms with Crippen molar-refractivity contribution < 1.29 is 8.78 Å². The van der Waals surface area contributed by atoms with E-state index in [1.165, 1.54) is 18.2 Å². The Morgan fingerprint density at radius 2 is 1.74 bits per heavy atom. The van der Waals surface area contributed by atoms with E-state index in [2.05, 4.69) is 29.0 Å². The molecule has 6 nitrogen and oxygen atoms in total. The van der Waals surface area contributed by atoms with Crippen molar-refractivity contribution in [3.63, 3.8) is 0 Å². The third-order valence-corrected chi connectivity index (χ3v) is 6.43. The Bertz CT molecular complexity index is 1410. The van der Waals surface area contributed by atoms with E-state index in [0.29, 0.717) is 24.5 Å². The second-order valence-electron chi connectivity index (χ2n) is 9.65. The van der Waals surface area contributed by atoms with Crippen molar-refractivity contribution in [1.29, 1.82) is 0 Å². The molecular weight excluding hydrogens is 446 g/mol. The molecule has 3 heterocycles. The van der Waals surface area contributed by atoms with Gasteiger partial charge in [0.25, 0.3) is 0 Å². The first-order valence-electron chi connectivity index (χ1n) is 11.6. The highest BCUT2D eigenvalue weighted by Gasteiger charge is 2.40. The Morgan fingerprint density at radius 3 is 2.37 bits per heavy atom. The third kappa shape index (κ3) is 4.13. The van der Waals surface area contributed by atoms with Crippen molar-refractivity contribution in [2.75, 3.05) is 23.8 Å². The van der Waals surface area contributed by atoms with Gasteiger partial charge in [-0.25, -0.2) is 23.7 Å². The lowest BCUT2D eigenvalue weighted by atomic mass is 9.88. The highest BCUT2D eigenvalue weighted by atomic mass is 19.1. The minimum Gasteiger partial charge on any atom is -0.373 e. The standard InChI is InChI=1S/C27H28F2N6/c1-16-14-34(17(2)31-16)22-11-6-18(12-21(22)29)13-23-32-25(30-5)24-26(33-23)35(15-27(24,3)4)20-9-7-19(28)8-10-20/h6-12,14H,13,15H2,1-5H3,(H,30,32,33). The second kappa shape index (κ2) is 8.45. The zero-order chi connectivity index (χ0) is 24.9. The number of hydrogen-bond acceptors (Lipinski definition) is 5. The molecule has 0 spiro atoms. The molecule has 0 radical (unpaired) electrons. The molecule has 0 saturated carbocycles. The van der Waals surface area contributed by atoms with Crippen LogP contribution < -0.4 is 10.2 Å². The molecule has 2 aromatic carbocycles. The first-order valence-corrected chi connectivity index (χ1v) is 11.6. The van der Waals surface area contributed by atoms with Gasteiger partial charge in [-0.3, -0.25) is 0 Å². The van der Waals surface area contributed by atoms with Gasteiger partial charge in [-0.1, -0.05) is 19.9 Å². The van der Waals surface area contributed by atoms with Gasteiger partial charge in [0.15, 0.2) is 0 Å². The van der Waals surface area contributed by atoms with Gasteiger partial charge >= 0.3 is 0 Å². The number of imidazole rings is 1. The highest BCUT2D eigenvalue weighted by molar-refractivity contribution is 5.74. The SMILES string of the molecule is CNc1nc(Cc2ccc(-n3cc(C)nc3C)c(F)c2)nc2c1C(C)(C)CN2c1ccc(F)cc1. The molecule has 8 heteroatoms. The number of rotatable bonds is 5. The summed E-state index contributed by atoms with van der Waals surface area (Å²) in [7, 11) is 1.84. The smallest absolute Gasteiger partial charge is 0.147 e. The Balaban J connectivity index is 1.52. The molecule has 0 fully saturated rings. The molecule has 0 saturated heterocycles. The topological polar surface area (TPSA) is 58.9 Å². The number of fused-ring (bicyclic) bond motifs is 1. The first kappa shape index (κ1) is 23.0. The molecular formula is C27H28F2N6. The molecule has 2 aromatic heterocycles. The van der Waals surface area contributed by atoms with Gasteiger partial charge in [0, 0.05) is 42.9 Å². The van der Waals surface area contributed by atoms with Gasteiger partial charge in [0.2, 0.25) is 0 Å². The lowest BCUT2D eigenvalue weighted by molar-refractivity contribution is 0.568. The third-order valence-electron chi connectivity index (χ3n) is 6.43. The summed E-state index contributed by atoms with van der Waals surface area (Å²) in [5.41, 5.74) is 3.74. The average molecular weight is 475 g/mol. The van der Waals surface area contributed by atoms with Crippen LogP contribution in [0, 0.1) is 25.5 Å². The number of halogens is 2. The van der Waals surface area contributed by atoms with Crippen LogP contribution in [0.5, 0.6) is 0 Å². The maximum atomic E-state index is 15.1. The summed E-state index contributed by atoms with van der Waals surface area (Å²) in [4.78, 5) is 16.1. The van der Waals surface area contributed by atoms with E-state index in [-0.39, 0.29) is 17.0 Å². The van der Waals surface area contributed by atoms with Crippen molar-refractivity contribution in [3.8, 4) is 5.69 Å². The maximum absolute atomic E-state index is 15.1. The van der Waals surface area contributed by atoms with Gasteiger partial charge < -0.3 is 14.8 Å². The summed E-state index contributed by atoms with van der Waals surface area (Å²) in [5.74, 6) is 2.25. The van der Waals surface area contributed by atoms with Gasteiger partial charge in [0.05, 0.1) is 11.4 Å². The van der Waals surface area contributed by atoms with Crippen molar-refractivity contribution in [2.45, 2.75) is 39.5 Å². The molecule has 1 N–H and O–H groups in total. The van der Waals surface area contributed by atoms with E-state index in [0.717, 1.165) is 40.0 Å². The van der Waals surface area contributed by atoms with Gasteiger partial charge in [-0.05, 0) is 55.8 Å². The highest BCUT2D eigenvalue weighted by Crippen LogP contribution is 2.46. The van der Waals surface area contributed by atoms with Crippen LogP contribution in [-0.2, 0) is 11.8 Å². The number of nitrogens with one attached hydrogen (secondary N) is 1. The summed E-state index contributed by atoms with van der Waals surface area (Å²) in [5, 5.41) is 3.22. The average Bonchev–Trinajstić information content (AvgIpc) is 3.28. The lowest BCUT2D eigenvalue weighted by Crippen LogP contribution is -2.25. The minimum absolute atomic E-state index is 0.213. The lowest BCUT2D eigenvalue weighted by Gasteiger charge is -2.21. The molecule has 5 rings (SSSR count). The van der Waals surface area contributed by atoms with E-state index in [9.17, 15) is 4.39 Å². The Kier molecular flexibility index (Phi) is 5.54. The molecule has 4 aromatic rings. The zero-order valence-electron chi connectivity index (χ0n) is 20.5. The van der Waals surface area contributed by atoms with E-state index in [1.54, 1.807) is 22.8 Å². The Morgan fingerprint density at radius 1 is 1.00 bits per heavy atom. The van der Waals surface area contributed by atoms with E-state index < -0.39 is 0 Å². The van der Waals surface area contributed by atoms with Gasteiger partial charge in [-0.2, -0.15) is 0 Å². The summed E-state index contributed by atoms with van der Waals surface area (Å²) >= 11 is 0. The van der Waals surface area contributed by atoms with Gasteiger partial charge in [-0.15, -0.1) is 0 Å². The largest absolute Gasteiger partial charge is 0.373 e. The molecule has 1 aliphatic heterocycles. The first-order chi connectivity index (χ1) is 16.7. The summed E-state index contributed by atoms with van der Waals surface area (Å²) in [6.07, 6.45) is 2.20. The van der Waals surface area contributed by atoms with E-state index >= 15 is 4.39 Å². The van der Waals surface area contributed by atoms with Crippen molar-refractivity contribution >= 4 is 17.3 Å². The van der Waals surface area contributed by atoms with E-state index in [1.807, 2.05) is 33.2 Å². The predicted molar refractivity (Wildman–Crippen MR) is 134 cm³/mol. The fourth-order valence-electron chi connectivity index (χ4n) is 4.86. The van der Waals surface area contributed by atoms with Crippen LogP contribution in [0.3, 0.4) is 0 Å². The molecule has 0 atom stereocenters. The van der Waals surface area contributed by atoms with Crippen LogP contribution in [0.1, 0.15) is 42.3 Å². The predicted octanol–water partition coefficient (Wildman–Crippen LogP) is 5.62. The Hall–Kier alpha value is -3.81. The minimum atomic E-state index is -0.327. The zero-order valence-corrected chi connectivity index (χ0v) is 20.5. The quantitative estimate of drug-likeness (QED) is 0.407. The number of hydrogen-bond donors (Lipinski definition) is 1. The number of benzene rings is 2. The van der Waals surface area contributed by atoms with Crippen molar-refractivity contribution in [2.24, 2.45) is 0 Å². The summed E-state index contributed by atoms with van der Waals surface area (Å²) < 4.78 is 30.4.